The molecule has 0 aliphatic carbocycles. The summed E-state index contributed by atoms with van der Waals surface area (Å²) in [6, 6.07) is 10.2. The number of hydrogen-bond acceptors (Lipinski definition) is 5. The van der Waals surface area contributed by atoms with Gasteiger partial charge in [-0.05, 0) is 42.3 Å². The Hall–Kier alpha value is -3.65. The summed E-state index contributed by atoms with van der Waals surface area (Å²) in [6.07, 6.45) is -3.96. The zero-order valence-electron chi connectivity index (χ0n) is 23.2. The molecule has 0 aliphatic rings. The number of hydrogen-bond donors (Lipinski definition) is 1. The van der Waals surface area contributed by atoms with Gasteiger partial charge in [0.2, 0.25) is 5.91 Å². The molecule has 0 saturated heterocycles. The van der Waals surface area contributed by atoms with Gasteiger partial charge in [-0.3, -0.25) is 9.69 Å². The molecular weight excluding hydrogens is 605 g/mol. The van der Waals surface area contributed by atoms with Crippen molar-refractivity contribution in [1.82, 2.24) is 10.2 Å². The van der Waals surface area contributed by atoms with Gasteiger partial charge in [0, 0.05) is 43.9 Å². The average Bonchev–Trinajstić information content (AvgIpc) is 2.90. The molecule has 0 spiro atoms. The van der Waals surface area contributed by atoms with Crippen molar-refractivity contribution in [2.45, 2.75) is 43.4 Å². The lowest BCUT2D eigenvalue weighted by atomic mass is 10.1. The molecule has 14 heteroatoms. The molecule has 0 fully saturated rings. The van der Waals surface area contributed by atoms with Gasteiger partial charge in [0.1, 0.15) is 17.4 Å². The molecule has 3 aromatic carbocycles. The van der Waals surface area contributed by atoms with E-state index in [0.29, 0.717) is 11.6 Å². The SMILES string of the molecule is CC(=O)NCc1ccc(OCCCN(Cc2cccc(C(F)(F)F)c2F)CC(F)(F)c2ccc(F)cc2)cc1S(C)(=O)=O. The quantitative estimate of drug-likeness (QED) is 0.182. The number of nitrogens with zero attached hydrogens (tertiary/aromatic N) is 1. The topological polar surface area (TPSA) is 75.7 Å². The van der Waals surface area contributed by atoms with E-state index in [4.69, 9.17) is 4.74 Å². The first-order valence-electron chi connectivity index (χ1n) is 12.9. The summed E-state index contributed by atoms with van der Waals surface area (Å²) < 4.78 is 128. The van der Waals surface area contributed by atoms with Crippen molar-refractivity contribution < 1.29 is 48.7 Å². The minimum atomic E-state index is -4.99. The fourth-order valence-corrected chi connectivity index (χ4v) is 5.20. The predicted molar refractivity (Wildman–Crippen MR) is 144 cm³/mol. The van der Waals surface area contributed by atoms with Crippen LogP contribution in [0.25, 0.3) is 0 Å². The molecule has 0 aliphatic heterocycles. The Morgan fingerprint density at radius 3 is 2.23 bits per heavy atom. The van der Waals surface area contributed by atoms with Gasteiger partial charge in [-0.25, -0.2) is 17.2 Å². The van der Waals surface area contributed by atoms with Gasteiger partial charge in [0.15, 0.2) is 9.84 Å². The zero-order valence-corrected chi connectivity index (χ0v) is 24.0. The minimum Gasteiger partial charge on any atom is -0.494 e. The molecule has 3 rings (SSSR count). The third kappa shape index (κ3) is 9.68. The lowest BCUT2D eigenvalue weighted by Gasteiger charge is -2.28. The zero-order chi connectivity index (χ0) is 32.0. The largest absolute Gasteiger partial charge is 0.494 e. The van der Waals surface area contributed by atoms with E-state index in [9.17, 15) is 35.2 Å². The smallest absolute Gasteiger partial charge is 0.419 e. The van der Waals surface area contributed by atoms with E-state index in [1.807, 2.05) is 0 Å². The van der Waals surface area contributed by atoms with Crippen molar-refractivity contribution in [3.8, 4) is 5.75 Å². The third-order valence-electron chi connectivity index (χ3n) is 6.32. The Labute approximate surface area is 244 Å². The summed E-state index contributed by atoms with van der Waals surface area (Å²) in [4.78, 5) is 12.2. The van der Waals surface area contributed by atoms with Crippen molar-refractivity contribution in [3.05, 3.63) is 94.6 Å². The molecule has 43 heavy (non-hydrogen) atoms. The first kappa shape index (κ1) is 33.8. The third-order valence-corrected chi connectivity index (χ3v) is 7.50. The van der Waals surface area contributed by atoms with Crippen LogP contribution in [-0.4, -0.2) is 45.2 Å². The molecule has 0 atom stereocenters. The van der Waals surface area contributed by atoms with Gasteiger partial charge in [0.25, 0.3) is 5.92 Å². The maximum atomic E-state index is 15.1. The average molecular weight is 635 g/mol. The summed E-state index contributed by atoms with van der Waals surface area (Å²) in [5, 5.41) is 2.51. The molecule has 1 N–H and O–H groups in total. The summed E-state index contributed by atoms with van der Waals surface area (Å²) in [7, 11) is -3.71. The van der Waals surface area contributed by atoms with Crippen LogP contribution in [0.3, 0.4) is 0 Å². The Kier molecular flexibility index (Phi) is 10.8. The molecule has 0 saturated carbocycles. The maximum Gasteiger partial charge on any atom is 0.419 e. The van der Waals surface area contributed by atoms with E-state index in [0.717, 1.165) is 47.6 Å². The maximum absolute atomic E-state index is 15.1. The van der Waals surface area contributed by atoms with E-state index in [2.05, 4.69) is 5.32 Å². The summed E-state index contributed by atoms with van der Waals surface area (Å²) in [5.74, 6) is -6.10. The number of alkyl halides is 5. The highest BCUT2D eigenvalue weighted by molar-refractivity contribution is 7.90. The van der Waals surface area contributed by atoms with Gasteiger partial charge < -0.3 is 10.1 Å². The number of benzene rings is 3. The predicted octanol–water partition coefficient (Wildman–Crippen LogP) is 6.09. The number of carbonyl (C=O) groups is 1. The fourth-order valence-electron chi connectivity index (χ4n) is 4.26. The second kappa shape index (κ2) is 13.8. The van der Waals surface area contributed by atoms with Crippen LogP contribution in [0.2, 0.25) is 0 Å². The summed E-state index contributed by atoms with van der Waals surface area (Å²) in [6.45, 7) is -0.670. The van der Waals surface area contributed by atoms with Crippen molar-refractivity contribution >= 4 is 15.7 Å². The molecule has 0 aromatic heterocycles. The Balaban J connectivity index is 1.78. The summed E-state index contributed by atoms with van der Waals surface area (Å²) in [5.41, 5.74) is -2.19. The van der Waals surface area contributed by atoms with Crippen LogP contribution < -0.4 is 10.1 Å². The lowest BCUT2D eigenvalue weighted by molar-refractivity contribution is -0.140. The lowest BCUT2D eigenvalue weighted by Crippen LogP contribution is -2.36. The van der Waals surface area contributed by atoms with Gasteiger partial charge >= 0.3 is 6.18 Å². The second-order valence-electron chi connectivity index (χ2n) is 9.85. The molecule has 6 nitrogen and oxygen atoms in total. The van der Waals surface area contributed by atoms with Crippen LogP contribution >= 0.6 is 0 Å². The molecule has 3 aromatic rings. The van der Waals surface area contributed by atoms with Crippen LogP contribution in [0.1, 0.15) is 35.6 Å². The minimum absolute atomic E-state index is 0.0403. The normalized spacial score (nSPS) is 12.4. The van der Waals surface area contributed by atoms with Crippen molar-refractivity contribution in [2.24, 2.45) is 0 Å². The number of nitrogens with one attached hydrogen (secondary N) is 1. The highest BCUT2D eigenvalue weighted by atomic mass is 32.2. The van der Waals surface area contributed by atoms with Crippen LogP contribution in [0, 0.1) is 11.6 Å². The number of carbonyl (C=O) groups excluding carboxylic acids is 1. The van der Waals surface area contributed by atoms with Crippen molar-refractivity contribution in [2.75, 3.05) is 26.0 Å². The van der Waals surface area contributed by atoms with Gasteiger partial charge in [-0.15, -0.1) is 0 Å². The molecule has 1 amide bonds. The Morgan fingerprint density at radius 1 is 0.953 bits per heavy atom. The monoisotopic (exact) mass is 634 g/mol. The van der Waals surface area contributed by atoms with Gasteiger partial charge in [0.05, 0.1) is 23.6 Å². The number of sulfone groups is 1. The molecule has 0 unspecified atom stereocenters. The number of rotatable bonds is 13. The van der Waals surface area contributed by atoms with Crippen LogP contribution in [0.5, 0.6) is 5.75 Å². The van der Waals surface area contributed by atoms with E-state index in [1.54, 1.807) is 0 Å². The molecule has 0 bridgehead atoms. The first-order valence-corrected chi connectivity index (χ1v) is 14.8. The van der Waals surface area contributed by atoms with E-state index in [1.165, 1.54) is 25.1 Å². The van der Waals surface area contributed by atoms with E-state index < -0.39 is 63.4 Å². The highest BCUT2D eigenvalue weighted by Crippen LogP contribution is 2.34. The number of ether oxygens (including phenoxy) is 1. The van der Waals surface area contributed by atoms with Crippen molar-refractivity contribution in [3.63, 3.8) is 0 Å². The highest BCUT2D eigenvalue weighted by Gasteiger charge is 2.37. The molecule has 234 valence electrons. The number of amides is 1. The van der Waals surface area contributed by atoms with Crippen LogP contribution in [0.15, 0.2) is 65.6 Å². The van der Waals surface area contributed by atoms with Crippen LogP contribution in [-0.2, 0) is 39.8 Å². The molecular formula is C29H29F7N2O4S. The van der Waals surface area contributed by atoms with E-state index >= 15 is 8.78 Å². The van der Waals surface area contributed by atoms with Gasteiger partial charge in [-0.2, -0.15) is 22.0 Å². The Morgan fingerprint density at radius 2 is 1.63 bits per heavy atom. The Bertz CT molecular complexity index is 1530. The first-order chi connectivity index (χ1) is 20.0. The molecule has 0 heterocycles. The van der Waals surface area contributed by atoms with E-state index in [-0.39, 0.29) is 42.7 Å². The van der Waals surface area contributed by atoms with Gasteiger partial charge in [-0.1, -0.05) is 30.3 Å². The number of halogens is 7. The second-order valence-corrected chi connectivity index (χ2v) is 11.8. The summed E-state index contributed by atoms with van der Waals surface area (Å²) >= 11 is 0. The molecule has 0 radical (unpaired) electrons. The van der Waals surface area contributed by atoms with Crippen molar-refractivity contribution in [1.29, 1.82) is 0 Å². The fraction of sp³-hybridized carbons (Fsp3) is 0.345. The standard InChI is InChI=1S/C29H29F7N2O4S/c1-19(39)37-16-20-7-12-24(15-26(20)43(2,40)41)42-14-4-13-38(18-28(32,33)22-8-10-23(30)11-9-22)17-21-5-3-6-25(27(21)31)29(34,35)36/h3,5-12,15H,4,13-14,16-18H2,1-2H3,(H,37,39). The van der Waals surface area contributed by atoms with Crippen LogP contribution in [0.4, 0.5) is 30.7 Å².